The third-order valence-corrected chi connectivity index (χ3v) is 4.03. The number of hydrogen-bond donors (Lipinski definition) is 1. The van der Waals surface area contributed by atoms with Crippen molar-refractivity contribution >= 4 is 0 Å². The van der Waals surface area contributed by atoms with E-state index >= 15 is 0 Å². The second-order valence-electron chi connectivity index (χ2n) is 5.71. The molecule has 0 amide bonds. The average molecular weight is 351 g/mol. The summed E-state index contributed by atoms with van der Waals surface area (Å²) < 4.78 is 16.4. The van der Waals surface area contributed by atoms with E-state index in [9.17, 15) is 5.11 Å². The molecule has 0 saturated carbocycles. The van der Waals surface area contributed by atoms with Gasteiger partial charge in [-0.15, -0.1) is 0 Å². The van der Waals surface area contributed by atoms with Crippen LogP contribution in [0.25, 0.3) is 0 Å². The highest BCUT2D eigenvalue weighted by molar-refractivity contribution is 5.45. The SMILES string of the molecule is COc1cc(C(O)c2cc(OCc3ccccc3)ccc2OC)ccn1. The fraction of sp³-hybridized carbons (Fsp3) is 0.190. The lowest BCUT2D eigenvalue weighted by Gasteiger charge is -2.17. The van der Waals surface area contributed by atoms with Gasteiger partial charge in [0, 0.05) is 17.8 Å². The van der Waals surface area contributed by atoms with Gasteiger partial charge in [-0.3, -0.25) is 0 Å². The number of hydrogen-bond acceptors (Lipinski definition) is 5. The lowest BCUT2D eigenvalue weighted by atomic mass is 10.0. The zero-order valence-electron chi connectivity index (χ0n) is 14.8. The van der Waals surface area contributed by atoms with Gasteiger partial charge in [-0.05, 0) is 35.4 Å². The van der Waals surface area contributed by atoms with Crippen molar-refractivity contribution in [3.8, 4) is 17.4 Å². The van der Waals surface area contributed by atoms with E-state index in [2.05, 4.69) is 4.98 Å². The van der Waals surface area contributed by atoms with Crippen molar-refractivity contribution in [3.63, 3.8) is 0 Å². The minimum absolute atomic E-state index is 0.442. The molecule has 134 valence electrons. The molecule has 1 aromatic heterocycles. The number of aromatic nitrogens is 1. The Balaban J connectivity index is 1.84. The zero-order valence-corrected chi connectivity index (χ0v) is 14.8. The van der Waals surface area contributed by atoms with E-state index in [1.54, 1.807) is 37.6 Å². The summed E-state index contributed by atoms with van der Waals surface area (Å²) in [5, 5.41) is 10.8. The first kappa shape index (κ1) is 17.8. The lowest BCUT2D eigenvalue weighted by Crippen LogP contribution is -2.04. The number of nitrogens with zero attached hydrogens (tertiary/aromatic N) is 1. The van der Waals surface area contributed by atoms with Crippen molar-refractivity contribution in [1.29, 1.82) is 0 Å². The predicted molar refractivity (Wildman–Crippen MR) is 98.6 cm³/mol. The summed E-state index contributed by atoms with van der Waals surface area (Å²) in [7, 11) is 3.11. The maximum Gasteiger partial charge on any atom is 0.213 e. The van der Waals surface area contributed by atoms with Crippen LogP contribution in [0.5, 0.6) is 17.4 Å². The zero-order chi connectivity index (χ0) is 18.4. The van der Waals surface area contributed by atoms with Crippen molar-refractivity contribution in [2.24, 2.45) is 0 Å². The molecule has 1 atom stereocenters. The summed E-state index contributed by atoms with van der Waals surface area (Å²) in [6, 6.07) is 18.8. The summed E-state index contributed by atoms with van der Waals surface area (Å²) in [6.45, 7) is 0.450. The molecule has 0 spiro atoms. The molecule has 0 aliphatic carbocycles. The molecule has 1 heterocycles. The minimum Gasteiger partial charge on any atom is -0.496 e. The molecule has 3 rings (SSSR count). The van der Waals surface area contributed by atoms with Crippen LogP contribution in [0.4, 0.5) is 0 Å². The van der Waals surface area contributed by atoms with Gasteiger partial charge in [0.25, 0.3) is 0 Å². The molecule has 0 aliphatic rings. The third-order valence-electron chi connectivity index (χ3n) is 4.03. The van der Waals surface area contributed by atoms with Gasteiger partial charge in [0.05, 0.1) is 14.2 Å². The molecule has 1 unspecified atom stereocenters. The Hall–Kier alpha value is -3.05. The molecule has 0 fully saturated rings. The quantitative estimate of drug-likeness (QED) is 0.702. The van der Waals surface area contributed by atoms with Crippen LogP contribution >= 0.6 is 0 Å². The fourth-order valence-electron chi connectivity index (χ4n) is 2.64. The molecular weight excluding hydrogens is 330 g/mol. The van der Waals surface area contributed by atoms with Gasteiger partial charge < -0.3 is 19.3 Å². The van der Waals surface area contributed by atoms with Gasteiger partial charge in [-0.2, -0.15) is 0 Å². The highest BCUT2D eigenvalue weighted by atomic mass is 16.5. The van der Waals surface area contributed by atoms with Crippen LogP contribution in [-0.4, -0.2) is 24.3 Å². The number of rotatable bonds is 7. The molecule has 2 aromatic carbocycles. The van der Waals surface area contributed by atoms with Crippen LogP contribution in [-0.2, 0) is 6.61 Å². The van der Waals surface area contributed by atoms with Gasteiger partial charge in [0.15, 0.2) is 0 Å². The summed E-state index contributed by atoms with van der Waals surface area (Å²) in [5.74, 6) is 1.68. The van der Waals surface area contributed by atoms with Crippen LogP contribution in [0, 0.1) is 0 Å². The molecule has 0 bridgehead atoms. The number of methoxy groups -OCH3 is 2. The molecule has 5 heteroatoms. The Labute approximate surface area is 152 Å². The van der Waals surface area contributed by atoms with E-state index in [-0.39, 0.29) is 0 Å². The number of pyridine rings is 1. The Morgan fingerprint density at radius 2 is 1.77 bits per heavy atom. The number of aliphatic hydroxyl groups excluding tert-OH is 1. The second kappa shape index (κ2) is 8.36. The van der Waals surface area contributed by atoms with Crippen molar-refractivity contribution in [1.82, 2.24) is 4.98 Å². The van der Waals surface area contributed by atoms with Gasteiger partial charge in [-0.25, -0.2) is 4.98 Å². The molecule has 0 saturated heterocycles. The number of aliphatic hydroxyl groups is 1. The van der Waals surface area contributed by atoms with E-state index in [1.165, 1.54) is 7.11 Å². The van der Waals surface area contributed by atoms with E-state index < -0.39 is 6.10 Å². The van der Waals surface area contributed by atoms with Crippen LogP contribution in [0.15, 0.2) is 66.9 Å². The molecule has 0 radical (unpaired) electrons. The summed E-state index contributed by atoms with van der Waals surface area (Å²) in [6.07, 6.45) is 0.710. The Kier molecular flexibility index (Phi) is 5.71. The molecule has 1 N–H and O–H groups in total. The Bertz CT molecular complexity index is 852. The summed E-state index contributed by atoms with van der Waals surface area (Å²) in [5.41, 5.74) is 2.35. The first-order valence-electron chi connectivity index (χ1n) is 8.24. The largest absolute Gasteiger partial charge is 0.496 e. The predicted octanol–water partition coefficient (Wildman–Crippen LogP) is 3.76. The van der Waals surface area contributed by atoms with E-state index in [0.717, 1.165) is 5.56 Å². The standard InChI is InChI=1S/C21H21NO4/c1-24-19-9-8-17(26-14-15-6-4-3-5-7-15)13-18(19)21(23)16-10-11-22-20(12-16)25-2/h3-13,21,23H,14H2,1-2H3. The smallest absolute Gasteiger partial charge is 0.213 e. The van der Waals surface area contributed by atoms with Gasteiger partial charge >= 0.3 is 0 Å². The Morgan fingerprint density at radius 1 is 0.962 bits per heavy atom. The van der Waals surface area contributed by atoms with Gasteiger partial charge in [0.1, 0.15) is 24.2 Å². The highest BCUT2D eigenvalue weighted by Gasteiger charge is 2.17. The highest BCUT2D eigenvalue weighted by Crippen LogP contribution is 2.34. The van der Waals surface area contributed by atoms with E-state index in [1.807, 2.05) is 36.4 Å². The first-order chi connectivity index (χ1) is 12.7. The Morgan fingerprint density at radius 3 is 2.50 bits per heavy atom. The first-order valence-corrected chi connectivity index (χ1v) is 8.24. The molecule has 3 aromatic rings. The molecule has 5 nitrogen and oxygen atoms in total. The monoisotopic (exact) mass is 351 g/mol. The minimum atomic E-state index is -0.887. The third kappa shape index (κ3) is 4.13. The van der Waals surface area contributed by atoms with Crippen LogP contribution in [0.2, 0.25) is 0 Å². The number of benzene rings is 2. The lowest BCUT2D eigenvalue weighted by molar-refractivity contribution is 0.212. The number of ether oxygens (including phenoxy) is 3. The van der Waals surface area contributed by atoms with E-state index in [0.29, 0.717) is 35.1 Å². The molecule has 26 heavy (non-hydrogen) atoms. The van der Waals surface area contributed by atoms with Crippen molar-refractivity contribution in [2.45, 2.75) is 12.7 Å². The van der Waals surface area contributed by atoms with Gasteiger partial charge in [0.2, 0.25) is 5.88 Å². The van der Waals surface area contributed by atoms with Crippen LogP contribution in [0.1, 0.15) is 22.8 Å². The second-order valence-corrected chi connectivity index (χ2v) is 5.71. The van der Waals surface area contributed by atoms with Crippen LogP contribution < -0.4 is 14.2 Å². The molecular formula is C21H21NO4. The molecule has 0 aliphatic heterocycles. The van der Waals surface area contributed by atoms with Crippen molar-refractivity contribution < 1.29 is 19.3 Å². The van der Waals surface area contributed by atoms with Crippen molar-refractivity contribution in [2.75, 3.05) is 14.2 Å². The van der Waals surface area contributed by atoms with Gasteiger partial charge in [-0.1, -0.05) is 30.3 Å². The summed E-state index contributed by atoms with van der Waals surface area (Å²) in [4.78, 5) is 4.07. The summed E-state index contributed by atoms with van der Waals surface area (Å²) >= 11 is 0. The average Bonchev–Trinajstić information content (AvgIpc) is 2.72. The maximum atomic E-state index is 10.8. The van der Waals surface area contributed by atoms with Crippen molar-refractivity contribution in [3.05, 3.63) is 83.6 Å². The maximum absolute atomic E-state index is 10.8. The topological polar surface area (TPSA) is 60.8 Å². The fourth-order valence-corrected chi connectivity index (χ4v) is 2.64. The van der Waals surface area contributed by atoms with Crippen LogP contribution in [0.3, 0.4) is 0 Å². The normalized spacial score (nSPS) is 11.7. The van der Waals surface area contributed by atoms with E-state index in [4.69, 9.17) is 14.2 Å².